The summed E-state index contributed by atoms with van der Waals surface area (Å²) in [6.45, 7) is 6.00. The highest BCUT2D eigenvalue weighted by atomic mass is 35.5. The van der Waals surface area contributed by atoms with E-state index in [9.17, 15) is 4.39 Å². The minimum absolute atomic E-state index is 0.142. The molecule has 1 aliphatic heterocycles. The maximum atomic E-state index is 14.1. The topological polar surface area (TPSA) is 16.1 Å². The van der Waals surface area contributed by atoms with Gasteiger partial charge in [0.25, 0.3) is 0 Å². The number of hydrogen-bond acceptors (Lipinski definition) is 3. The van der Waals surface area contributed by atoms with Crippen LogP contribution in [0.3, 0.4) is 0 Å². The third kappa shape index (κ3) is 2.86. The molecule has 2 rings (SSSR count). The lowest BCUT2D eigenvalue weighted by Crippen LogP contribution is -2.44. The van der Waals surface area contributed by atoms with E-state index in [-0.39, 0.29) is 16.4 Å². The van der Waals surface area contributed by atoms with Crippen molar-refractivity contribution >= 4 is 29.2 Å². The second-order valence-corrected chi connectivity index (χ2v) is 6.84. The van der Waals surface area contributed by atoms with Crippen LogP contribution in [-0.2, 0) is 5.88 Å². The minimum Gasteiger partial charge on any atom is -0.352 e. The molecule has 0 bridgehead atoms. The van der Waals surface area contributed by atoms with Crippen LogP contribution >= 0.6 is 23.4 Å². The standard InChI is InChI=1S/C12H16ClFN2S/c1-12(2)8-16(5-6-17-12)11-10(14)9(7-13)3-4-15-11/h3-4H,5-8H2,1-2H3. The molecule has 0 amide bonds. The molecule has 1 aromatic rings. The summed E-state index contributed by atoms with van der Waals surface area (Å²) >= 11 is 7.63. The van der Waals surface area contributed by atoms with E-state index < -0.39 is 0 Å². The largest absolute Gasteiger partial charge is 0.352 e. The molecule has 2 nitrogen and oxygen atoms in total. The molecule has 17 heavy (non-hydrogen) atoms. The molecule has 0 spiro atoms. The van der Waals surface area contributed by atoms with Gasteiger partial charge in [-0.3, -0.25) is 0 Å². The van der Waals surface area contributed by atoms with Crippen LogP contribution in [0.4, 0.5) is 10.2 Å². The fourth-order valence-corrected chi connectivity index (χ4v) is 3.31. The van der Waals surface area contributed by atoms with E-state index >= 15 is 0 Å². The van der Waals surface area contributed by atoms with Gasteiger partial charge in [-0.1, -0.05) is 0 Å². The highest BCUT2D eigenvalue weighted by molar-refractivity contribution is 8.00. The molecule has 0 N–H and O–H groups in total. The number of rotatable bonds is 2. The molecular weight excluding hydrogens is 259 g/mol. The first-order valence-corrected chi connectivity index (χ1v) is 7.14. The molecule has 0 aliphatic carbocycles. The second kappa shape index (κ2) is 5.02. The molecule has 0 atom stereocenters. The summed E-state index contributed by atoms with van der Waals surface area (Å²) < 4.78 is 14.3. The van der Waals surface area contributed by atoms with Gasteiger partial charge < -0.3 is 4.90 Å². The average molecular weight is 275 g/mol. The summed E-state index contributed by atoms with van der Waals surface area (Å²) in [4.78, 5) is 6.17. The van der Waals surface area contributed by atoms with E-state index in [1.807, 2.05) is 16.7 Å². The monoisotopic (exact) mass is 274 g/mol. The Morgan fingerprint density at radius 3 is 3.00 bits per heavy atom. The van der Waals surface area contributed by atoms with Crippen molar-refractivity contribution in [1.82, 2.24) is 4.98 Å². The number of aromatic nitrogens is 1. The molecule has 1 fully saturated rings. The van der Waals surface area contributed by atoms with Gasteiger partial charge in [-0.05, 0) is 19.9 Å². The Kier molecular flexibility index (Phi) is 3.83. The van der Waals surface area contributed by atoms with Gasteiger partial charge in [-0.15, -0.1) is 11.6 Å². The van der Waals surface area contributed by atoms with Crippen LogP contribution in [0.5, 0.6) is 0 Å². The number of alkyl halides is 1. The van der Waals surface area contributed by atoms with Crippen molar-refractivity contribution in [2.75, 3.05) is 23.7 Å². The quantitative estimate of drug-likeness (QED) is 0.770. The molecule has 0 saturated carbocycles. The lowest BCUT2D eigenvalue weighted by molar-refractivity contribution is 0.581. The highest BCUT2D eigenvalue weighted by Gasteiger charge is 2.29. The van der Waals surface area contributed by atoms with Crippen molar-refractivity contribution in [3.05, 3.63) is 23.6 Å². The van der Waals surface area contributed by atoms with Crippen LogP contribution in [0.15, 0.2) is 12.3 Å². The molecule has 1 aliphatic rings. The van der Waals surface area contributed by atoms with Crippen LogP contribution in [0.2, 0.25) is 0 Å². The van der Waals surface area contributed by atoms with Crippen LogP contribution in [0.25, 0.3) is 0 Å². The number of thioether (sulfide) groups is 1. The number of nitrogens with zero attached hydrogens (tertiary/aromatic N) is 2. The van der Waals surface area contributed by atoms with Crippen molar-refractivity contribution in [2.45, 2.75) is 24.5 Å². The summed E-state index contributed by atoms with van der Waals surface area (Å²) in [5.74, 6) is 1.36. The number of anilines is 1. The molecule has 1 saturated heterocycles. The SMILES string of the molecule is CC1(C)CN(c2nccc(CCl)c2F)CCS1. The Morgan fingerprint density at radius 1 is 1.59 bits per heavy atom. The van der Waals surface area contributed by atoms with Crippen LogP contribution in [0, 0.1) is 5.82 Å². The second-order valence-electron chi connectivity index (χ2n) is 4.77. The van der Waals surface area contributed by atoms with Gasteiger partial charge in [0, 0.05) is 35.3 Å². The molecular formula is C12H16ClFN2S. The Balaban J connectivity index is 2.28. The molecule has 0 aromatic carbocycles. The third-order valence-electron chi connectivity index (χ3n) is 2.82. The summed E-state index contributed by atoms with van der Waals surface area (Å²) in [6, 6.07) is 1.63. The van der Waals surface area contributed by atoms with Gasteiger partial charge in [-0.25, -0.2) is 9.37 Å². The molecule has 5 heteroatoms. The molecule has 0 radical (unpaired) electrons. The van der Waals surface area contributed by atoms with E-state index in [1.165, 1.54) is 0 Å². The Morgan fingerprint density at radius 2 is 2.35 bits per heavy atom. The van der Waals surface area contributed by atoms with E-state index in [1.54, 1.807) is 12.3 Å². The predicted molar refractivity (Wildman–Crippen MR) is 72.5 cm³/mol. The maximum absolute atomic E-state index is 14.1. The van der Waals surface area contributed by atoms with Crippen LogP contribution in [-0.4, -0.2) is 28.6 Å². The molecule has 0 unspecified atom stereocenters. The van der Waals surface area contributed by atoms with Gasteiger partial charge >= 0.3 is 0 Å². The molecule has 2 heterocycles. The van der Waals surface area contributed by atoms with Gasteiger partial charge in [-0.2, -0.15) is 11.8 Å². The van der Waals surface area contributed by atoms with Crippen molar-refractivity contribution in [2.24, 2.45) is 0 Å². The summed E-state index contributed by atoms with van der Waals surface area (Å²) in [6.07, 6.45) is 1.63. The van der Waals surface area contributed by atoms with Crippen molar-refractivity contribution in [3.8, 4) is 0 Å². The van der Waals surface area contributed by atoms with Gasteiger partial charge in [0.1, 0.15) is 0 Å². The Labute approximate surface area is 111 Å². The summed E-state index contributed by atoms with van der Waals surface area (Å²) in [5, 5.41) is 0. The fraction of sp³-hybridized carbons (Fsp3) is 0.583. The zero-order chi connectivity index (χ0) is 12.5. The van der Waals surface area contributed by atoms with Gasteiger partial charge in [0.2, 0.25) is 0 Å². The number of hydrogen-bond donors (Lipinski definition) is 0. The Bertz CT molecular complexity index is 411. The zero-order valence-corrected chi connectivity index (χ0v) is 11.6. The minimum atomic E-state index is -0.273. The zero-order valence-electron chi connectivity index (χ0n) is 10.0. The van der Waals surface area contributed by atoms with Crippen molar-refractivity contribution < 1.29 is 4.39 Å². The normalized spacial score (nSPS) is 19.4. The van der Waals surface area contributed by atoms with E-state index in [0.29, 0.717) is 11.4 Å². The van der Waals surface area contributed by atoms with E-state index in [4.69, 9.17) is 11.6 Å². The van der Waals surface area contributed by atoms with Crippen LogP contribution < -0.4 is 4.90 Å². The first-order chi connectivity index (χ1) is 8.03. The predicted octanol–water partition coefficient (Wildman–Crippen LogP) is 3.29. The van der Waals surface area contributed by atoms with Crippen LogP contribution in [0.1, 0.15) is 19.4 Å². The van der Waals surface area contributed by atoms with E-state index in [2.05, 4.69) is 18.8 Å². The van der Waals surface area contributed by atoms with Crippen molar-refractivity contribution in [1.29, 1.82) is 0 Å². The smallest absolute Gasteiger partial charge is 0.170 e. The van der Waals surface area contributed by atoms with Gasteiger partial charge in [0.05, 0.1) is 5.88 Å². The Hall–Kier alpha value is -0.480. The molecule has 1 aromatic heterocycles. The average Bonchev–Trinajstić information content (AvgIpc) is 2.28. The summed E-state index contributed by atoms with van der Waals surface area (Å²) in [5.41, 5.74) is 0.521. The third-order valence-corrected chi connectivity index (χ3v) is 4.41. The summed E-state index contributed by atoms with van der Waals surface area (Å²) in [7, 11) is 0. The number of halogens is 2. The maximum Gasteiger partial charge on any atom is 0.170 e. The number of pyridine rings is 1. The van der Waals surface area contributed by atoms with Gasteiger partial charge in [0.15, 0.2) is 11.6 Å². The first kappa shape index (κ1) is 13.0. The molecule has 94 valence electrons. The lowest BCUT2D eigenvalue weighted by atomic mass is 10.1. The highest BCUT2D eigenvalue weighted by Crippen LogP contribution is 2.32. The fourth-order valence-electron chi connectivity index (χ4n) is 1.99. The lowest BCUT2D eigenvalue weighted by Gasteiger charge is -2.38. The van der Waals surface area contributed by atoms with Crippen molar-refractivity contribution in [3.63, 3.8) is 0 Å². The first-order valence-electron chi connectivity index (χ1n) is 5.62. The van der Waals surface area contributed by atoms with E-state index in [0.717, 1.165) is 18.8 Å².